The molecule has 1 unspecified atom stereocenters. The summed E-state index contributed by atoms with van der Waals surface area (Å²) in [4.78, 5) is 11.7. The average molecular weight is 398 g/mol. The number of hydrogen-bond donors (Lipinski definition) is 2. The maximum Gasteiger partial charge on any atom is 0.244 e. The number of nitrogens with two attached hydrogens (primary N) is 1. The largest absolute Gasteiger partial charge is 0.369 e. The second kappa shape index (κ2) is 6.41. The Morgan fingerprint density at radius 2 is 1.85 bits per heavy atom. The van der Waals surface area contributed by atoms with Crippen LogP contribution < -0.4 is 11.1 Å². The minimum Gasteiger partial charge on any atom is -0.369 e. The number of benzene rings is 2. The molecule has 0 radical (unpaired) electrons. The lowest BCUT2D eigenvalue weighted by Gasteiger charge is -2.19. The van der Waals surface area contributed by atoms with Gasteiger partial charge >= 0.3 is 0 Å². The van der Waals surface area contributed by atoms with Crippen molar-refractivity contribution in [1.29, 1.82) is 0 Å². The number of para-hydroxylation sites is 1. The van der Waals surface area contributed by atoms with Crippen LogP contribution in [0, 0.1) is 6.92 Å². The monoisotopic (exact) mass is 396 g/mol. The molecule has 0 aromatic heterocycles. The van der Waals surface area contributed by atoms with Gasteiger partial charge in [-0.15, -0.1) is 0 Å². The van der Waals surface area contributed by atoms with Crippen molar-refractivity contribution in [2.75, 3.05) is 5.32 Å². The number of rotatable bonds is 4. The van der Waals surface area contributed by atoms with E-state index in [2.05, 4.69) is 37.2 Å². The molecule has 3 N–H and O–H groups in total. The van der Waals surface area contributed by atoms with Gasteiger partial charge in [0, 0.05) is 14.6 Å². The molecule has 0 aliphatic heterocycles. The molecule has 20 heavy (non-hydrogen) atoms. The summed E-state index contributed by atoms with van der Waals surface area (Å²) in [5, 5.41) is 3.17. The molecular weight excluding hydrogens is 384 g/mol. The number of anilines is 1. The van der Waals surface area contributed by atoms with Gasteiger partial charge < -0.3 is 11.1 Å². The number of carbonyl (C=O) groups is 1. The van der Waals surface area contributed by atoms with Gasteiger partial charge in [-0.3, -0.25) is 4.79 Å². The summed E-state index contributed by atoms with van der Waals surface area (Å²) < 4.78 is 1.89. The Morgan fingerprint density at radius 1 is 1.15 bits per heavy atom. The Labute approximate surface area is 134 Å². The second-order valence-corrected chi connectivity index (χ2v) is 6.18. The molecular formula is C15H14Br2N2O. The van der Waals surface area contributed by atoms with Crippen molar-refractivity contribution in [2.24, 2.45) is 5.73 Å². The average Bonchev–Trinajstić information content (AvgIpc) is 2.41. The Bertz CT molecular complexity index is 644. The van der Waals surface area contributed by atoms with Crippen molar-refractivity contribution < 1.29 is 4.79 Å². The number of halogens is 2. The molecule has 0 saturated carbocycles. The number of nitrogens with one attached hydrogen (secondary N) is 1. The van der Waals surface area contributed by atoms with E-state index in [1.807, 2.05) is 49.4 Å². The van der Waals surface area contributed by atoms with E-state index < -0.39 is 11.9 Å². The molecule has 0 heterocycles. The summed E-state index contributed by atoms with van der Waals surface area (Å²) in [7, 11) is 0. The summed E-state index contributed by atoms with van der Waals surface area (Å²) in [5.41, 5.74) is 8.26. The summed E-state index contributed by atoms with van der Waals surface area (Å²) in [5.74, 6) is -0.414. The minimum atomic E-state index is -0.569. The standard InChI is InChI=1S/C15H14Br2N2O/c1-9-8-10(6-7-11(9)16)14(15(18)20)19-13-5-3-2-4-12(13)17/h2-8,14,19H,1H3,(H2,18,20). The van der Waals surface area contributed by atoms with Gasteiger partial charge in [-0.1, -0.05) is 40.2 Å². The van der Waals surface area contributed by atoms with Gasteiger partial charge in [-0.25, -0.2) is 0 Å². The van der Waals surface area contributed by atoms with Gasteiger partial charge in [0.25, 0.3) is 0 Å². The molecule has 2 aromatic carbocycles. The van der Waals surface area contributed by atoms with E-state index in [1.165, 1.54) is 0 Å². The highest BCUT2D eigenvalue weighted by Gasteiger charge is 2.19. The highest BCUT2D eigenvalue weighted by Crippen LogP contribution is 2.28. The first-order valence-electron chi connectivity index (χ1n) is 6.05. The van der Waals surface area contributed by atoms with Gasteiger partial charge in [0.15, 0.2) is 0 Å². The van der Waals surface area contributed by atoms with Crippen molar-refractivity contribution in [1.82, 2.24) is 0 Å². The van der Waals surface area contributed by atoms with E-state index in [0.717, 1.165) is 25.8 Å². The SMILES string of the molecule is Cc1cc(C(Nc2ccccc2Br)C(N)=O)ccc1Br. The van der Waals surface area contributed by atoms with E-state index >= 15 is 0 Å². The van der Waals surface area contributed by atoms with Crippen molar-refractivity contribution in [2.45, 2.75) is 13.0 Å². The van der Waals surface area contributed by atoms with Gasteiger partial charge in [-0.2, -0.15) is 0 Å². The van der Waals surface area contributed by atoms with Gasteiger partial charge in [0.1, 0.15) is 6.04 Å². The van der Waals surface area contributed by atoms with Crippen molar-refractivity contribution in [3.05, 3.63) is 62.5 Å². The molecule has 2 aromatic rings. The zero-order chi connectivity index (χ0) is 14.7. The number of hydrogen-bond acceptors (Lipinski definition) is 2. The summed E-state index contributed by atoms with van der Waals surface area (Å²) in [6.45, 7) is 1.98. The molecule has 0 spiro atoms. The smallest absolute Gasteiger partial charge is 0.244 e. The van der Waals surface area contributed by atoms with Crippen LogP contribution in [0.1, 0.15) is 17.2 Å². The highest BCUT2D eigenvalue weighted by atomic mass is 79.9. The summed E-state index contributed by atoms with van der Waals surface area (Å²) in [6, 6.07) is 12.8. The maximum absolute atomic E-state index is 11.7. The Morgan fingerprint density at radius 3 is 2.45 bits per heavy atom. The quantitative estimate of drug-likeness (QED) is 0.813. The summed E-state index contributed by atoms with van der Waals surface area (Å²) in [6.07, 6.45) is 0. The predicted octanol–water partition coefficient (Wildman–Crippen LogP) is 4.16. The topological polar surface area (TPSA) is 55.1 Å². The molecule has 0 fully saturated rings. The van der Waals surface area contributed by atoms with Crippen molar-refractivity contribution in [3.8, 4) is 0 Å². The van der Waals surface area contributed by atoms with E-state index in [-0.39, 0.29) is 0 Å². The minimum absolute atomic E-state index is 0.414. The molecule has 0 aliphatic rings. The third-order valence-electron chi connectivity index (χ3n) is 2.97. The molecule has 0 bridgehead atoms. The Hall–Kier alpha value is -1.33. The van der Waals surface area contributed by atoms with Crippen molar-refractivity contribution >= 4 is 43.5 Å². The van der Waals surface area contributed by atoms with Crippen LogP contribution in [-0.2, 0) is 4.79 Å². The number of primary amides is 1. The van der Waals surface area contributed by atoms with E-state index in [1.54, 1.807) is 0 Å². The van der Waals surface area contributed by atoms with Gasteiger partial charge in [-0.05, 0) is 52.2 Å². The van der Waals surface area contributed by atoms with Crippen molar-refractivity contribution in [3.63, 3.8) is 0 Å². The first-order valence-corrected chi connectivity index (χ1v) is 7.64. The maximum atomic E-state index is 11.7. The van der Waals surface area contributed by atoms with Gasteiger partial charge in [0.05, 0.1) is 0 Å². The predicted molar refractivity (Wildman–Crippen MR) is 88.6 cm³/mol. The fourth-order valence-corrected chi connectivity index (χ4v) is 2.55. The number of aryl methyl sites for hydroxylation is 1. The molecule has 1 amide bonds. The highest BCUT2D eigenvalue weighted by molar-refractivity contribution is 9.10. The third-order valence-corrected chi connectivity index (χ3v) is 4.55. The Balaban J connectivity index is 2.34. The first kappa shape index (κ1) is 15.1. The molecule has 3 nitrogen and oxygen atoms in total. The van der Waals surface area contributed by atoms with Gasteiger partial charge in [0.2, 0.25) is 5.91 Å². The summed E-state index contributed by atoms with van der Waals surface area (Å²) >= 11 is 6.90. The molecule has 2 rings (SSSR count). The lowest BCUT2D eigenvalue weighted by atomic mass is 10.0. The fraction of sp³-hybridized carbons (Fsp3) is 0.133. The normalized spacial score (nSPS) is 11.9. The van der Waals surface area contributed by atoms with Crippen LogP contribution in [0.15, 0.2) is 51.4 Å². The second-order valence-electron chi connectivity index (χ2n) is 4.47. The van der Waals surface area contributed by atoms with E-state index in [4.69, 9.17) is 5.73 Å². The zero-order valence-corrected chi connectivity index (χ0v) is 14.0. The van der Waals surface area contributed by atoms with Crippen LogP contribution in [0.5, 0.6) is 0 Å². The molecule has 0 aliphatic carbocycles. The van der Waals surface area contributed by atoms with Crippen LogP contribution in [0.2, 0.25) is 0 Å². The fourth-order valence-electron chi connectivity index (χ4n) is 1.90. The molecule has 1 atom stereocenters. The zero-order valence-electron chi connectivity index (χ0n) is 10.9. The first-order chi connectivity index (χ1) is 9.49. The molecule has 104 valence electrons. The Kier molecular flexibility index (Phi) is 4.83. The lowest BCUT2D eigenvalue weighted by molar-refractivity contribution is -0.118. The number of amides is 1. The van der Waals surface area contributed by atoms with E-state index in [9.17, 15) is 4.79 Å². The van der Waals surface area contributed by atoms with Crippen LogP contribution in [-0.4, -0.2) is 5.91 Å². The van der Waals surface area contributed by atoms with Crippen LogP contribution >= 0.6 is 31.9 Å². The lowest BCUT2D eigenvalue weighted by Crippen LogP contribution is -2.27. The molecule has 0 saturated heterocycles. The molecule has 5 heteroatoms. The van der Waals surface area contributed by atoms with E-state index in [0.29, 0.717) is 0 Å². The van der Waals surface area contributed by atoms with Crippen LogP contribution in [0.25, 0.3) is 0 Å². The van der Waals surface area contributed by atoms with Crippen LogP contribution in [0.3, 0.4) is 0 Å². The number of carbonyl (C=O) groups excluding carboxylic acids is 1. The van der Waals surface area contributed by atoms with Crippen LogP contribution in [0.4, 0.5) is 5.69 Å². The third kappa shape index (κ3) is 3.41.